The van der Waals surface area contributed by atoms with Crippen molar-refractivity contribution in [2.45, 2.75) is 20.3 Å². The molecule has 6 nitrogen and oxygen atoms in total. The lowest BCUT2D eigenvalue weighted by Gasteiger charge is -2.34. The molecule has 2 rings (SSSR count). The van der Waals surface area contributed by atoms with Gasteiger partial charge in [0.05, 0.1) is 0 Å². The zero-order chi connectivity index (χ0) is 10.8. The highest BCUT2D eigenvalue weighted by atomic mass is 16.2. The van der Waals surface area contributed by atoms with Crippen molar-refractivity contribution in [3.8, 4) is 0 Å². The lowest BCUT2D eigenvalue weighted by molar-refractivity contribution is 0.0611. The van der Waals surface area contributed by atoms with Crippen LogP contribution in [0.25, 0.3) is 0 Å². The van der Waals surface area contributed by atoms with Crippen LogP contribution in [-0.2, 0) is 0 Å². The van der Waals surface area contributed by atoms with E-state index in [-0.39, 0.29) is 11.7 Å². The molecule has 0 saturated carbocycles. The fourth-order valence-corrected chi connectivity index (χ4v) is 2.22. The second-order valence-electron chi connectivity index (χ2n) is 4.39. The Bertz CT molecular complexity index is 326. The Kier molecular flexibility index (Phi) is 2.66. The number of H-pyrrole nitrogens is 1. The molecule has 2 heterocycles. The smallest absolute Gasteiger partial charge is 0.295 e. The van der Waals surface area contributed by atoms with E-state index in [9.17, 15) is 4.79 Å². The van der Waals surface area contributed by atoms with Gasteiger partial charge in [-0.1, -0.05) is 13.8 Å². The van der Waals surface area contributed by atoms with Crippen LogP contribution >= 0.6 is 0 Å². The Labute approximate surface area is 88.0 Å². The topological polar surface area (TPSA) is 74.8 Å². The molecular weight excluding hydrogens is 194 g/mol. The number of hydrogen-bond donors (Lipinski definition) is 1. The van der Waals surface area contributed by atoms with Crippen molar-refractivity contribution in [2.75, 3.05) is 13.1 Å². The molecule has 2 atom stereocenters. The van der Waals surface area contributed by atoms with Crippen LogP contribution in [0.5, 0.6) is 0 Å². The SMILES string of the molecule is CC1CC(C)CN(C(=O)c2nn[nH]n2)C1. The van der Waals surface area contributed by atoms with Crippen LogP contribution in [0.15, 0.2) is 0 Å². The van der Waals surface area contributed by atoms with Crippen LogP contribution in [-0.4, -0.2) is 44.5 Å². The van der Waals surface area contributed by atoms with Crippen molar-refractivity contribution in [1.82, 2.24) is 25.5 Å². The molecule has 1 saturated heterocycles. The van der Waals surface area contributed by atoms with Gasteiger partial charge in [0.1, 0.15) is 0 Å². The predicted octanol–water partition coefficient (Wildman–Crippen LogP) is 0.318. The molecule has 1 aliphatic heterocycles. The molecule has 1 aromatic heterocycles. The zero-order valence-corrected chi connectivity index (χ0v) is 8.97. The first-order valence-corrected chi connectivity index (χ1v) is 5.19. The van der Waals surface area contributed by atoms with E-state index in [1.807, 2.05) is 4.90 Å². The number of rotatable bonds is 1. The fourth-order valence-electron chi connectivity index (χ4n) is 2.22. The first kappa shape index (κ1) is 10.1. The van der Waals surface area contributed by atoms with E-state index in [1.54, 1.807) is 0 Å². The normalized spacial score (nSPS) is 26.7. The number of piperidine rings is 1. The minimum atomic E-state index is -0.123. The average Bonchev–Trinajstić information content (AvgIpc) is 2.67. The van der Waals surface area contributed by atoms with Gasteiger partial charge in [0.15, 0.2) is 0 Å². The third-order valence-corrected chi connectivity index (χ3v) is 2.69. The van der Waals surface area contributed by atoms with Gasteiger partial charge in [0.25, 0.3) is 11.7 Å². The monoisotopic (exact) mass is 209 g/mol. The van der Waals surface area contributed by atoms with Crippen molar-refractivity contribution >= 4 is 5.91 Å². The Morgan fingerprint density at radius 2 is 2.07 bits per heavy atom. The second kappa shape index (κ2) is 3.96. The highest BCUT2D eigenvalue weighted by molar-refractivity contribution is 5.90. The van der Waals surface area contributed by atoms with E-state index >= 15 is 0 Å². The van der Waals surface area contributed by atoms with Gasteiger partial charge in [-0.25, -0.2) is 0 Å². The molecule has 0 aliphatic carbocycles. The van der Waals surface area contributed by atoms with Gasteiger partial charge in [-0.3, -0.25) is 4.79 Å². The summed E-state index contributed by atoms with van der Waals surface area (Å²) in [5, 5.41) is 13.1. The number of carbonyl (C=O) groups excluding carboxylic acids is 1. The van der Waals surface area contributed by atoms with Gasteiger partial charge in [-0.15, -0.1) is 10.2 Å². The molecule has 1 amide bonds. The maximum Gasteiger partial charge on any atom is 0.295 e. The molecule has 2 unspecified atom stereocenters. The van der Waals surface area contributed by atoms with E-state index in [2.05, 4.69) is 34.5 Å². The van der Waals surface area contributed by atoms with Crippen molar-refractivity contribution in [2.24, 2.45) is 11.8 Å². The summed E-state index contributed by atoms with van der Waals surface area (Å²) in [5.74, 6) is 1.13. The van der Waals surface area contributed by atoms with E-state index in [1.165, 1.54) is 6.42 Å². The van der Waals surface area contributed by atoms with Crippen molar-refractivity contribution in [1.29, 1.82) is 0 Å². The van der Waals surface area contributed by atoms with Gasteiger partial charge in [0, 0.05) is 13.1 Å². The summed E-state index contributed by atoms with van der Waals surface area (Å²) in [5.41, 5.74) is 0. The van der Waals surface area contributed by atoms with Crippen LogP contribution in [0, 0.1) is 11.8 Å². The third kappa shape index (κ3) is 2.14. The van der Waals surface area contributed by atoms with Gasteiger partial charge in [-0.05, 0) is 23.5 Å². The van der Waals surface area contributed by atoms with Crippen LogP contribution in [0.1, 0.15) is 30.9 Å². The molecule has 15 heavy (non-hydrogen) atoms. The van der Waals surface area contributed by atoms with Crippen molar-refractivity contribution in [3.63, 3.8) is 0 Å². The number of tetrazole rings is 1. The van der Waals surface area contributed by atoms with Gasteiger partial charge < -0.3 is 4.90 Å². The Balaban J connectivity index is 2.07. The summed E-state index contributed by atoms with van der Waals surface area (Å²) in [6.07, 6.45) is 1.18. The first-order chi connectivity index (χ1) is 7.16. The standard InChI is InChI=1S/C9H15N5O/c1-6-3-7(2)5-14(4-6)9(15)8-10-12-13-11-8/h6-7H,3-5H2,1-2H3,(H,10,11,12,13). The summed E-state index contributed by atoms with van der Waals surface area (Å²) in [6.45, 7) is 5.90. The number of nitrogens with one attached hydrogen (secondary N) is 1. The number of nitrogens with zero attached hydrogens (tertiary/aromatic N) is 4. The molecule has 0 aromatic carbocycles. The number of carbonyl (C=O) groups is 1. The van der Waals surface area contributed by atoms with E-state index < -0.39 is 0 Å². The molecular formula is C9H15N5O. The van der Waals surface area contributed by atoms with Gasteiger partial charge in [0.2, 0.25) is 0 Å². The van der Waals surface area contributed by atoms with Crippen LogP contribution in [0.3, 0.4) is 0 Å². The van der Waals surface area contributed by atoms with Crippen LogP contribution in [0.2, 0.25) is 0 Å². The first-order valence-electron chi connectivity index (χ1n) is 5.19. The minimum Gasteiger partial charge on any atom is -0.335 e. The van der Waals surface area contributed by atoms with Crippen LogP contribution < -0.4 is 0 Å². The van der Waals surface area contributed by atoms with Crippen molar-refractivity contribution in [3.05, 3.63) is 5.82 Å². The molecule has 1 aliphatic rings. The molecule has 1 fully saturated rings. The molecule has 0 spiro atoms. The second-order valence-corrected chi connectivity index (χ2v) is 4.39. The number of likely N-dealkylation sites (tertiary alicyclic amines) is 1. The largest absolute Gasteiger partial charge is 0.335 e. The molecule has 6 heteroatoms. The number of aromatic nitrogens is 4. The van der Waals surface area contributed by atoms with Crippen LogP contribution in [0.4, 0.5) is 0 Å². The number of aromatic amines is 1. The zero-order valence-electron chi connectivity index (χ0n) is 8.97. The summed E-state index contributed by atoms with van der Waals surface area (Å²) in [6, 6.07) is 0. The Morgan fingerprint density at radius 1 is 1.40 bits per heavy atom. The third-order valence-electron chi connectivity index (χ3n) is 2.69. The van der Waals surface area contributed by atoms with Gasteiger partial charge in [-0.2, -0.15) is 5.21 Å². The average molecular weight is 209 g/mol. The summed E-state index contributed by atoms with van der Waals surface area (Å²) in [4.78, 5) is 13.7. The quantitative estimate of drug-likeness (QED) is 0.722. The fraction of sp³-hybridized carbons (Fsp3) is 0.778. The Hall–Kier alpha value is -1.46. The summed E-state index contributed by atoms with van der Waals surface area (Å²) < 4.78 is 0. The molecule has 82 valence electrons. The molecule has 1 aromatic rings. The molecule has 1 N–H and O–H groups in total. The lowest BCUT2D eigenvalue weighted by atomic mass is 9.92. The van der Waals surface area contributed by atoms with E-state index in [0.29, 0.717) is 11.8 Å². The van der Waals surface area contributed by atoms with E-state index in [0.717, 1.165) is 13.1 Å². The highest BCUT2D eigenvalue weighted by Gasteiger charge is 2.27. The number of amides is 1. The predicted molar refractivity (Wildman–Crippen MR) is 53.0 cm³/mol. The Morgan fingerprint density at radius 3 is 2.60 bits per heavy atom. The summed E-state index contributed by atoms with van der Waals surface area (Å²) >= 11 is 0. The van der Waals surface area contributed by atoms with Crippen molar-refractivity contribution < 1.29 is 4.79 Å². The molecule has 0 bridgehead atoms. The number of hydrogen-bond acceptors (Lipinski definition) is 4. The molecule has 0 radical (unpaired) electrons. The highest BCUT2D eigenvalue weighted by Crippen LogP contribution is 2.21. The lowest BCUT2D eigenvalue weighted by Crippen LogP contribution is -2.43. The van der Waals surface area contributed by atoms with E-state index in [4.69, 9.17) is 0 Å². The maximum atomic E-state index is 11.9. The van der Waals surface area contributed by atoms with Gasteiger partial charge >= 0.3 is 0 Å². The maximum absolute atomic E-state index is 11.9. The minimum absolute atomic E-state index is 0.123. The summed E-state index contributed by atoms with van der Waals surface area (Å²) in [7, 11) is 0.